The number of hydrogen-bond donors (Lipinski definition) is 12. The van der Waals surface area contributed by atoms with Crippen LogP contribution in [0.5, 0.6) is 11.5 Å². The van der Waals surface area contributed by atoms with E-state index in [1.54, 1.807) is 23.9 Å². The number of benzene rings is 2. The minimum atomic E-state index is -2.92. The van der Waals surface area contributed by atoms with Gasteiger partial charge in [0.1, 0.15) is 45.7 Å². The Labute approximate surface area is 413 Å². The molecule has 2 aromatic rings. The molecule has 22 heteroatoms. The molecule has 10 atom stereocenters. The molecule has 2 aromatic carbocycles. The van der Waals surface area contributed by atoms with Crippen molar-refractivity contribution in [1.29, 1.82) is 0 Å². The van der Waals surface area contributed by atoms with E-state index in [0.29, 0.717) is 0 Å². The molecule has 0 saturated heterocycles. The number of aliphatic hydroxyl groups excluding tert-OH is 4. The van der Waals surface area contributed by atoms with Crippen LogP contribution < -0.4 is 10.6 Å². The quantitative estimate of drug-likeness (QED) is 0.0979. The fourth-order valence-corrected chi connectivity index (χ4v) is 12.1. The minimum Gasteiger partial charge on any atom is -0.508 e. The Bertz CT molecular complexity index is 2690. The van der Waals surface area contributed by atoms with Crippen LogP contribution in [0.3, 0.4) is 0 Å². The van der Waals surface area contributed by atoms with Gasteiger partial charge >= 0.3 is 0 Å². The number of nitrogens with one attached hydrogen (secondary N) is 2. The summed E-state index contributed by atoms with van der Waals surface area (Å²) in [5.41, 5.74) is -12.7. The van der Waals surface area contributed by atoms with Crippen molar-refractivity contribution in [3.8, 4) is 11.5 Å². The van der Waals surface area contributed by atoms with Crippen LogP contribution in [0.2, 0.25) is 0 Å². The highest BCUT2D eigenvalue weighted by atomic mass is 16.4. The van der Waals surface area contributed by atoms with Crippen molar-refractivity contribution in [3.05, 3.63) is 92.5 Å². The number of hydrogen-bond acceptors (Lipinski definition) is 20. The zero-order valence-corrected chi connectivity index (χ0v) is 40.9. The van der Waals surface area contributed by atoms with E-state index in [9.17, 15) is 79.8 Å². The standard InChI is InChI=1S/C50H60N6O16/c1-47(69)21-11-9-13-27(57)29(21)37(59)31-23(47)17-25-35(53(3)4)39(61)33(43(65)49(25,71)41(31)63)45(67)51-19-55(7)15-16-56(8)20-52-46(68)34-40(62)36(54(5)6)26-18-24-32(42(64)50(26,72)44(34)66)38(60)30-22(48(24,2)70)12-10-14-28(30)58/h9-14,23-26,35-36,57-60,65-66,69-72H,15-20H2,1-8H3,(H,51,67)(H,52,68). The Hall–Kier alpha value is -6.50. The topological polar surface area (TPSA) is 342 Å². The molecule has 0 aliphatic heterocycles. The third-order valence-corrected chi connectivity index (χ3v) is 15.9. The van der Waals surface area contributed by atoms with E-state index in [0.717, 1.165) is 0 Å². The summed E-state index contributed by atoms with van der Waals surface area (Å²) < 4.78 is 0. The molecule has 6 aliphatic rings. The summed E-state index contributed by atoms with van der Waals surface area (Å²) in [7, 11) is 9.06. The fraction of sp³-hybridized carbons (Fsp3) is 0.480. The zero-order valence-electron chi connectivity index (χ0n) is 40.9. The molecule has 2 fully saturated rings. The lowest BCUT2D eigenvalue weighted by molar-refractivity contribution is -0.160. The molecule has 12 N–H and O–H groups in total. The molecular weight excluding hydrogens is 941 g/mol. The lowest BCUT2D eigenvalue weighted by Crippen LogP contribution is -2.67. The summed E-state index contributed by atoms with van der Waals surface area (Å²) >= 11 is 0. The van der Waals surface area contributed by atoms with Gasteiger partial charge in [0.2, 0.25) is 11.6 Å². The van der Waals surface area contributed by atoms with Gasteiger partial charge < -0.3 is 61.7 Å². The first kappa shape index (κ1) is 51.8. The molecule has 0 bridgehead atoms. The summed E-state index contributed by atoms with van der Waals surface area (Å²) in [5.74, 6) is -16.7. The molecule has 0 spiro atoms. The number of carbonyl (C=O) groups excluding carboxylic acids is 6. The van der Waals surface area contributed by atoms with Crippen molar-refractivity contribution in [2.24, 2.45) is 23.7 Å². The van der Waals surface area contributed by atoms with Crippen molar-refractivity contribution in [3.63, 3.8) is 0 Å². The van der Waals surface area contributed by atoms with E-state index >= 15 is 0 Å². The van der Waals surface area contributed by atoms with Crippen LogP contribution in [0.4, 0.5) is 0 Å². The van der Waals surface area contributed by atoms with E-state index in [-0.39, 0.29) is 61.5 Å². The predicted octanol–water partition coefficient (Wildman–Crippen LogP) is -0.688. The van der Waals surface area contributed by atoms with Crippen molar-refractivity contribution < 1.29 is 79.8 Å². The van der Waals surface area contributed by atoms with Gasteiger partial charge in [-0.3, -0.25) is 48.4 Å². The highest BCUT2D eigenvalue weighted by molar-refractivity contribution is 6.26. The number of aliphatic hydroxyl groups is 8. The summed E-state index contributed by atoms with van der Waals surface area (Å²) in [5, 5.41) is 121. The fourth-order valence-electron chi connectivity index (χ4n) is 12.1. The average molecular weight is 1000 g/mol. The van der Waals surface area contributed by atoms with Crippen LogP contribution in [-0.2, 0) is 40.0 Å². The highest BCUT2D eigenvalue weighted by Crippen LogP contribution is 2.59. The maximum atomic E-state index is 14.4. The van der Waals surface area contributed by atoms with Gasteiger partial charge in [0.15, 0.2) is 22.8 Å². The van der Waals surface area contributed by atoms with E-state index in [2.05, 4.69) is 10.6 Å². The number of Topliss-reactive ketones (excluding diaryl/α,β-unsaturated/α-hetero) is 4. The molecule has 0 heterocycles. The summed E-state index contributed by atoms with van der Waals surface area (Å²) in [6.45, 7) is 2.54. The number of ketones is 4. The van der Waals surface area contributed by atoms with Gasteiger partial charge in [-0.2, -0.15) is 0 Å². The second-order valence-corrected chi connectivity index (χ2v) is 20.7. The molecule has 72 heavy (non-hydrogen) atoms. The van der Waals surface area contributed by atoms with Gasteiger partial charge in [0.25, 0.3) is 11.8 Å². The lowest BCUT2D eigenvalue weighted by Gasteiger charge is -2.53. The molecule has 2 amide bonds. The van der Waals surface area contributed by atoms with Gasteiger partial charge in [-0.1, -0.05) is 24.3 Å². The van der Waals surface area contributed by atoms with Crippen LogP contribution >= 0.6 is 0 Å². The predicted molar refractivity (Wildman–Crippen MR) is 253 cm³/mol. The van der Waals surface area contributed by atoms with Gasteiger partial charge in [0, 0.05) is 47.9 Å². The molecule has 6 aliphatic carbocycles. The molecular formula is C50H60N6O16. The monoisotopic (exact) mass is 1000 g/mol. The molecule has 0 radical (unpaired) electrons. The van der Waals surface area contributed by atoms with Crippen molar-refractivity contribution in [1.82, 2.24) is 30.2 Å². The van der Waals surface area contributed by atoms with Crippen LogP contribution in [0.25, 0.3) is 11.5 Å². The van der Waals surface area contributed by atoms with Gasteiger partial charge in [-0.05, 0) is 92.2 Å². The van der Waals surface area contributed by atoms with E-state index in [4.69, 9.17) is 0 Å². The average Bonchev–Trinajstić information content (AvgIpc) is 3.29. The molecule has 0 aromatic heterocycles. The Kier molecular flexibility index (Phi) is 12.7. The lowest BCUT2D eigenvalue weighted by atomic mass is 9.54. The number of rotatable bonds is 11. The van der Waals surface area contributed by atoms with Gasteiger partial charge in [-0.25, -0.2) is 0 Å². The molecule has 10 unspecified atom stereocenters. The van der Waals surface area contributed by atoms with E-state index < -0.39 is 150 Å². The number of fused-ring (bicyclic) bond motifs is 6. The molecule has 22 nitrogen and oxygen atoms in total. The largest absolute Gasteiger partial charge is 0.508 e. The number of nitrogens with zero attached hydrogens (tertiary/aromatic N) is 4. The second kappa shape index (κ2) is 17.6. The Morgan fingerprint density at radius 2 is 0.903 bits per heavy atom. The summed E-state index contributed by atoms with van der Waals surface area (Å²) in [6, 6.07) is 5.55. The first-order chi connectivity index (χ1) is 33.5. The van der Waals surface area contributed by atoms with Crippen LogP contribution in [-0.4, -0.2) is 198 Å². The highest BCUT2D eigenvalue weighted by Gasteiger charge is 2.68. The normalized spacial score (nSPS) is 32.2. The van der Waals surface area contributed by atoms with E-state index in [1.807, 2.05) is 0 Å². The number of likely N-dealkylation sites (N-methyl/N-ethyl adjacent to an activating group) is 4. The Morgan fingerprint density at radius 1 is 0.569 bits per heavy atom. The van der Waals surface area contributed by atoms with Crippen molar-refractivity contribution in [2.75, 3.05) is 68.7 Å². The van der Waals surface area contributed by atoms with Crippen LogP contribution in [0, 0.1) is 23.7 Å². The SMILES string of the molecule is CN(CCN(C)CNC(=O)C1=C(O)C2(O)C(=O)C3=C(O)c4c(O)cccc4C(C)(O)C3CC2C(N(C)C)C1=O)CNC(=O)C1=C(O)C2(O)C(=O)C3=C(O)c4c(O)cccc4C(C)(O)C3CC2C(N(C)C)C1=O. The number of phenolic OH excluding ortho intramolecular Hbond substituents is 2. The smallest absolute Gasteiger partial charge is 0.259 e. The van der Waals surface area contributed by atoms with Crippen molar-refractivity contribution in [2.45, 2.75) is 61.2 Å². The summed E-state index contributed by atoms with van der Waals surface area (Å²) in [4.78, 5) is 90.7. The third-order valence-electron chi connectivity index (χ3n) is 15.9. The number of aromatic hydroxyl groups is 2. The third kappa shape index (κ3) is 7.29. The number of carbonyl (C=O) groups is 6. The zero-order chi connectivity index (χ0) is 53.2. The van der Waals surface area contributed by atoms with Crippen molar-refractivity contribution >= 4 is 46.5 Å². The second-order valence-electron chi connectivity index (χ2n) is 20.7. The first-order valence-corrected chi connectivity index (χ1v) is 23.2. The number of amides is 2. The van der Waals surface area contributed by atoms with Gasteiger partial charge in [0.05, 0.1) is 47.8 Å². The van der Waals surface area contributed by atoms with E-state index in [1.165, 1.54) is 88.2 Å². The Morgan fingerprint density at radius 3 is 1.22 bits per heavy atom. The van der Waals surface area contributed by atoms with Crippen LogP contribution in [0.15, 0.2) is 70.2 Å². The number of phenols is 2. The van der Waals surface area contributed by atoms with Crippen LogP contribution in [0.1, 0.15) is 48.9 Å². The maximum absolute atomic E-state index is 14.4. The van der Waals surface area contributed by atoms with Gasteiger partial charge in [-0.15, -0.1) is 0 Å². The molecule has 2 saturated carbocycles. The first-order valence-electron chi connectivity index (χ1n) is 23.2. The maximum Gasteiger partial charge on any atom is 0.259 e. The minimum absolute atomic E-state index is 0.104. The summed E-state index contributed by atoms with van der Waals surface area (Å²) in [6.07, 6.45) is -0.612. The molecule has 8 rings (SSSR count). The molecule has 386 valence electrons. The Balaban J connectivity index is 0.955.